The lowest BCUT2D eigenvalue weighted by Gasteiger charge is -2.25. The Kier molecular flexibility index (Phi) is 6.79. The third-order valence-electron chi connectivity index (χ3n) is 7.76. The summed E-state index contributed by atoms with van der Waals surface area (Å²) in [4.78, 5) is 12.3. The fourth-order valence-corrected chi connectivity index (χ4v) is 5.90. The summed E-state index contributed by atoms with van der Waals surface area (Å²) in [5, 5.41) is 4.52. The highest BCUT2D eigenvalue weighted by molar-refractivity contribution is 5.94. The molecule has 1 aliphatic carbocycles. The largest absolute Gasteiger partial charge is 0.491 e. The van der Waals surface area contributed by atoms with Crippen molar-refractivity contribution >= 4 is 22.5 Å². The van der Waals surface area contributed by atoms with Gasteiger partial charge in [-0.1, -0.05) is 36.4 Å². The predicted octanol–water partition coefficient (Wildman–Crippen LogP) is 7.17. The molecular weight excluding hydrogens is 456 g/mol. The Balaban J connectivity index is 1.23. The van der Waals surface area contributed by atoms with Crippen LogP contribution in [0, 0.1) is 0 Å². The Labute approximate surface area is 219 Å². The van der Waals surface area contributed by atoms with Crippen LogP contribution >= 0.6 is 0 Å². The number of hydrogen-bond donors (Lipinski definition) is 1. The number of anilines is 2. The molecular formula is C32H36N4O. The molecule has 0 saturated carbocycles. The number of nitrogens with zero attached hydrogens (tertiary/aromatic N) is 3. The first-order chi connectivity index (χ1) is 18.1. The van der Waals surface area contributed by atoms with E-state index in [0.717, 1.165) is 45.9 Å². The van der Waals surface area contributed by atoms with E-state index in [-0.39, 0.29) is 6.10 Å². The number of fused-ring (bicyclic) bond motifs is 2. The molecule has 1 fully saturated rings. The molecule has 2 aliphatic rings. The Morgan fingerprint density at radius 1 is 0.919 bits per heavy atom. The van der Waals surface area contributed by atoms with E-state index in [1.807, 2.05) is 32.2 Å². The smallest absolute Gasteiger partial charge is 0.227 e. The van der Waals surface area contributed by atoms with Gasteiger partial charge in [0.15, 0.2) is 0 Å². The first kappa shape index (κ1) is 23.9. The number of likely N-dealkylation sites (tertiary alicyclic amines) is 1. The molecule has 0 spiro atoms. The summed E-state index contributed by atoms with van der Waals surface area (Å²) in [6, 6.07) is 22.0. The first-order valence-corrected chi connectivity index (χ1v) is 13.8. The maximum atomic E-state index is 5.82. The van der Waals surface area contributed by atoms with Gasteiger partial charge in [-0.15, -0.1) is 0 Å². The van der Waals surface area contributed by atoms with Crippen molar-refractivity contribution in [1.82, 2.24) is 14.9 Å². The lowest BCUT2D eigenvalue weighted by atomic mass is 10.0. The molecule has 0 unspecified atom stereocenters. The van der Waals surface area contributed by atoms with Gasteiger partial charge in [0.1, 0.15) is 5.75 Å². The van der Waals surface area contributed by atoms with Crippen molar-refractivity contribution in [2.45, 2.75) is 64.5 Å². The van der Waals surface area contributed by atoms with E-state index in [4.69, 9.17) is 9.72 Å². The number of aromatic nitrogens is 2. The highest BCUT2D eigenvalue weighted by atomic mass is 16.5. The van der Waals surface area contributed by atoms with Crippen LogP contribution in [0.2, 0.25) is 0 Å². The molecule has 190 valence electrons. The number of hydrogen-bond acceptors (Lipinski definition) is 5. The molecule has 1 aromatic heterocycles. The number of para-hydroxylation sites is 1. The molecule has 2 heterocycles. The highest BCUT2D eigenvalue weighted by Crippen LogP contribution is 2.31. The Morgan fingerprint density at radius 2 is 1.70 bits per heavy atom. The fraction of sp³-hybridized carbons (Fsp3) is 0.375. The van der Waals surface area contributed by atoms with E-state index in [2.05, 4.69) is 63.7 Å². The van der Waals surface area contributed by atoms with Crippen molar-refractivity contribution in [3.05, 3.63) is 78.0 Å². The number of nitrogens with one attached hydrogen (secondary N) is 1. The van der Waals surface area contributed by atoms with Gasteiger partial charge in [-0.05, 0) is 106 Å². The lowest BCUT2D eigenvalue weighted by molar-refractivity contribution is 0.222. The molecule has 0 amide bonds. The third kappa shape index (κ3) is 5.33. The second kappa shape index (κ2) is 10.5. The first-order valence-electron chi connectivity index (χ1n) is 13.8. The second-order valence-electron chi connectivity index (χ2n) is 10.7. The average molecular weight is 493 g/mol. The van der Waals surface area contributed by atoms with Crippen LogP contribution in [0.15, 0.2) is 66.9 Å². The van der Waals surface area contributed by atoms with Crippen LogP contribution in [-0.2, 0) is 12.8 Å². The summed E-state index contributed by atoms with van der Waals surface area (Å²) >= 11 is 0. The van der Waals surface area contributed by atoms with E-state index in [9.17, 15) is 0 Å². The number of ether oxygens (including phenoxy) is 1. The molecule has 4 aromatic rings. The highest BCUT2D eigenvalue weighted by Gasteiger charge is 2.24. The number of benzene rings is 3. The standard InChI is InChI=1S/C32H36N4O/c1-22(2)37-29-16-11-24(12-17-29)30-7-5-6-26-21-33-32(35-31(26)30)34-27-13-8-23-9-14-28(15-10-25(23)20-27)36-18-3-4-19-36/h5-8,11-13,16-17,20-22,28H,3-4,9-10,14-15,18-19H2,1-2H3,(H,33,34,35)/t28-/m0/s1. The zero-order chi connectivity index (χ0) is 25.2. The van der Waals surface area contributed by atoms with Gasteiger partial charge < -0.3 is 15.0 Å². The van der Waals surface area contributed by atoms with Crippen molar-refractivity contribution < 1.29 is 4.74 Å². The van der Waals surface area contributed by atoms with E-state index in [1.54, 1.807) is 0 Å². The van der Waals surface area contributed by atoms with Gasteiger partial charge in [-0.3, -0.25) is 0 Å². The minimum atomic E-state index is 0.157. The van der Waals surface area contributed by atoms with E-state index in [1.165, 1.54) is 56.3 Å². The van der Waals surface area contributed by atoms with Gasteiger partial charge in [0.05, 0.1) is 11.6 Å². The number of rotatable bonds is 6. The topological polar surface area (TPSA) is 50.3 Å². The lowest BCUT2D eigenvalue weighted by Crippen LogP contribution is -2.32. The molecule has 6 rings (SSSR count). The Bertz CT molecular complexity index is 1380. The van der Waals surface area contributed by atoms with Crippen LogP contribution in [0.25, 0.3) is 22.0 Å². The van der Waals surface area contributed by atoms with Crippen molar-refractivity contribution in [2.24, 2.45) is 0 Å². The van der Waals surface area contributed by atoms with Gasteiger partial charge in [-0.25, -0.2) is 9.97 Å². The summed E-state index contributed by atoms with van der Waals surface area (Å²) in [6.07, 6.45) is 9.65. The van der Waals surface area contributed by atoms with Crippen LogP contribution in [0.1, 0.15) is 50.7 Å². The quantitative estimate of drug-likeness (QED) is 0.289. The van der Waals surface area contributed by atoms with Crippen LogP contribution < -0.4 is 10.1 Å². The van der Waals surface area contributed by atoms with E-state index >= 15 is 0 Å². The Morgan fingerprint density at radius 3 is 2.49 bits per heavy atom. The summed E-state index contributed by atoms with van der Waals surface area (Å²) in [5.41, 5.74) is 7.18. The second-order valence-corrected chi connectivity index (χ2v) is 10.7. The summed E-state index contributed by atoms with van der Waals surface area (Å²) in [6.45, 7) is 6.65. The molecule has 0 radical (unpaired) electrons. The van der Waals surface area contributed by atoms with Crippen LogP contribution in [0.3, 0.4) is 0 Å². The molecule has 1 atom stereocenters. The summed E-state index contributed by atoms with van der Waals surface area (Å²) in [5.74, 6) is 1.51. The van der Waals surface area contributed by atoms with Crippen LogP contribution in [0.5, 0.6) is 5.75 Å². The molecule has 3 aromatic carbocycles. The minimum Gasteiger partial charge on any atom is -0.491 e. The van der Waals surface area contributed by atoms with Crippen molar-refractivity contribution in [3.63, 3.8) is 0 Å². The third-order valence-corrected chi connectivity index (χ3v) is 7.76. The summed E-state index contributed by atoms with van der Waals surface area (Å²) in [7, 11) is 0. The number of aryl methyl sites for hydroxylation is 2. The zero-order valence-electron chi connectivity index (χ0n) is 21.9. The minimum absolute atomic E-state index is 0.157. The van der Waals surface area contributed by atoms with Crippen molar-refractivity contribution in [2.75, 3.05) is 18.4 Å². The van der Waals surface area contributed by atoms with Gasteiger partial charge in [0.2, 0.25) is 5.95 Å². The van der Waals surface area contributed by atoms with Gasteiger partial charge in [0.25, 0.3) is 0 Å². The molecule has 5 nitrogen and oxygen atoms in total. The maximum Gasteiger partial charge on any atom is 0.227 e. The normalized spacial score (nSPS) is 18.1. The molecule has 1 aliphatic heterocycles. The van der Waals surface area contributed by atoms with Crippen LogP contribution in [0.4, 0.5) is 11.6 Å². The molecule has 37 heavy (non-hydrogen) atoms. The molecule has 0 bridgehead atoms. The van der Waals surface area contributed by atoms with E-state index in [0.29, 0.717) is 5.95 Å². The molecule has 1 saturated heterocycles. The fourth-order valence-electron chi connectivity index (χ4n) is 5.90. The van der Waals surface area contributed by atoms with Crippen LogP contribution in [-0.4, -0.2) is 40.1 Å². The maximum absolute atomic E-state index is 5.82. The van der Waals surface area contributed by atoms with E-state index < -0.39 is 0 Å². The monoisotopic (exact) mass is 492 g/mol. The van der Waals surface area contributed by atoms with Gasteiger partial charge >= 0.3 is 0 Å². The summed E-state index contributed by atoms with van der Waals surface area (Å²) < 4.78 is 5.82. The van der Waals surface area contributed by atoms with Gasteiger partial charge in [0, 0.05) is 28.9 Å². The average Bonchev–Trinajstić information content (AvgIpc) is 3.36. The van der Waals surface area contributed by atoms with Gasteiger partial charge in [-0.2, -0.15) is 0 Å². The Hall–Kier alpha value is -3.44. The molecule has 1 N–H and O–H groups in total. The SMILES string of the molecule is CC(C)Oc1ccc(-c2cccc3cnc(Nc4ccc5c(c4)CC[C@@H](N4CCCC4)CC5)nc23)cc1. The predicted molar refractivity (Wildman–Crippen MR) is 152 cm³/mol. The molecule has 5 heteroatoms. The van der Waals surface area contributed by atoms with Crippen molar-refractivity contribution in [3.8, 4) is 16.9 Å². The zero-order valence-corrected chi connectivity index (χ0v) is 21.9. The van der Waals surface area contributed by atoms with Crippen molar-refractivity contribution in [1.29, 1.82) is 0 Å².